The average molecular weight is 292 g/mol. The molecule has 1 heterocycles. The Bertz CT molecular complexity index is 578. The summed E-state index contributed by atoms with van der Waals surface area (Å²) < 4.78 is 15.2. The number of hydrogen-bond acceptors (Lipinski definition) is 6. The molecule has 1 aliphatic heterocycles. The van der Waals surface area contributed by atoms with Gasteiger partial charge in [-0.1, -0.05) is 6.07 Å². The molecule has 6 heteroatoms. The molecule has 1 atom stereocenters. The van der Waals surface area contributed by atoms with Crippen molar-refractivity contribution in [2.75, 3.05) is 13.4 Å². The number of ketones is 2. The van der Waals surface area contributed by atoms with Crippen molar-refractivity contribution in [1.29, 1.82) is 0 Å². The monoisotopic (exact) mass is 292 g/mol. The maximum Gasteiger partial charge on any atom is 0.324 e. The predicted molar refractivity (Wildman–Crippen MR) is 72.1 cm³/mol. The highest BCUT2D eigenvalue weighted by molar-refractivity contribution is 6.17. The molecule has 21 heavy (non-hydrogen) atoms. The molecular weight excluding hydrogens is 276 g/mol. The van der Waals surface area contributed by atoms with Crippen LogP contribution in [0.25, 0.3) is 0 Å². The number of rotatable bonds is 6. The zero-order valence-electron chi connectivity index (χ0n) is 11.9. The van der Waals surface area contributed by atoms with Crippen LogP contribution < -0.4 is 9.47 Å². The number of esters is 1. The Morgan fingerprint density at radius 2 is 1.95 bits per heavy atom. The van der Waals surface area contributed by atoms with Gasteiger partial charge in [0.05, 0.1) is 6.61 Å². The van der Waals surface area contributed by atoms with Crippen LogP contribution in [0, 0.1) is 5.92 Å². The predicted octanol–water partition coefficient (Wildman–Crippen LogP) is 1.30. The summed E-state index contributed by atoms with van der Waals surface area (Å²) in [5.74, 6) is -2.00. The summed E-state index contributed by atoms with van der Waals surface area (Å²) in [4.78, 5) is 35.4. The fourth-order valence-corrected chi connectivity index (χ4v) is 2.10. The molecule has 0 radical (unpaired) electrons. The molecular formula is C15H16O6. The molecule has 1 aliphatic rings. The van der Waals surface area contributed by atoms with Gasteiger partial charge in [-0.3, -0.25) is 14.4 Å². The molecule has 0 amide bonds. The van der Waals surface area contributed by atoms with Crippen molar-refractivity contribution in [3.8, 4) is 11.5 Å². The normalized spacial score (nSPS) is 13.6. The first-order valence-corrected chi connectivity index (χ1v) is 6.61. The van der Waals surface area contributed by atoms with Crippen molar-refractivity contribution >= 4 is 17.5 Å². The second-order valence-electron chi connectivity index (χ2n) is 4.63. The Labute approximate surface area is 122 Å². The standard InChI is InChI=1S/C15H16O6/c1-3-19-15(18)14(9(2)16)11(17)6-10-4-5-12-13(7-10)21-8-20-12/h4-5,7,14H,3,6,8H2,1-2H3. The van der Waals surface area contributed by atoms with Crippen LogP contribution in [0.2, 0.25) is 0 Å². The minimum absolute atomic E-state index is 0.0420. The third-order valence-electron chi connectivity index (χ3n) is 3.07. The molecule has 6 nitrogen and oxygen atoms in total. The van der Waals surface area contributed by atoms with Crippen LogP contribution in [0.3, 0.4) is 0 Å². The van der Waals surface area contributed by atoms with E-state index in [-0.39, 0.29) is 19.8 Å². The van der Waals surface area contributed by atoms with Crippen LogP contribution in [-0.2, 0) is 25.5 Å². The molecule has 1 unspecified atom stereocenters. The zero-order valence-corrected chi connectivity index (χ0v) is 11.9. The maximum atomic E-state index is 12.2. The van der Waals surface area contributed by atoms with Crippen LogP contribution in [0.15, 0.2) is 18.2 Å². The molecule has 0 aromatic heterocycles. The van der Waals surface area contributed by atoms with Crippen molar-refractivity contribution in [3.05, 3.63) is 23.8 Å². The van der Waals surface area contributed by atoms with Crippen LogP contribution in [0.5, 0.6) is 11.5 Å². The third kappa shape index (κ3) is 3.39. The van der Waals surface area contributed by atoms with Gasteiger partial charge in [0.1, 0.15) is 0 Å². The summed E-state index contributed by atoms with van der Waals surface area (Å²) in [6, 6.07) is 5.06. The van der Waals surface area contributed by atoms with E-state index < -0.39 is 23.5 Å². The van der Waals surface area contributed by atoms with Crippen LogP contribution in [0.1, 0.15) is 19.4 Å². The highest BCUT2D eigenvalue weighted by Gasteiger charge is 2.32. The highest BCUT2D eigenvalue weighted by Crippen LogP contribution is 2.32. The van der Waals surface area contributed by atoms with Crippen molar-refractivity contribution in [3.63, 3.8) is 0 Å². The molecule has 0 saturated carbocycles. The van der Waals surface area contributed by atoms with Crippen molar-refractivity contribution in [1.82, 2.24) is 0 Å². The Kier molecular flexibility index (Phi) is 4.57. The first kappa shape index (κ1) is 15.0. The third-order valence-corrected chi connectivity index (χ3v) is 3.07. The molecule has 0 fully saturated rings. The number of benzene rings is 1. The van der Waals surface area contributed by atoms with Gasteiger partial charge in [0.25, 0.3) is 0 Å². The van der Waals surface area contributed by atoms with E-state index in [9.17, 15) is 14.4 Å². The molecule has 0 saturated heterocycles. The number of ether oxygens (including phenoxy) is 3. The lowest BCUT2D eigenvalue weighted by Gasteiger charge is -2.11. The minimum Gasteiger partial charge on any atom is -0.465 e. The van der Waals surface area contributed by atoms with Crippen LogP contribution in [-0.4, -0.2) is 30.9 Å². The van der Waals surface area contributed by atoms with Gasteiger partial charge < -0.3 is 14.2 Å². The average Bonchev–Trinajstić information content (AvgIpc) is 2.85. The summed E-state index contributed by atoms with van der Waals surface area (Å²) >= 11 is 0. The summed E-state index contributed by atoms with van der Waals surface area (Å²) in [7, 11) is 0. The molecule has 1 aromatic rings. The largest absolute Gasteiger partial charge is 0.465 e. The van der Waals surface area contributed by atoms with Crippen LogP contribution >= 0.6 is 0 Å². The van der Waals surface area contributed by atoms with E-state index in [4.69, 9.17) is 14.2 Å². The number of fused-ring (bicyclic) bond motifs is 1. The summed E-state index contributed by atoms with van der Waals surface area (Å²) in [6.07, 6.45) is -0.0420. The maximum absolute atomic E-state index is 12.2. The number of Topliss-reactive ketones (excluding diaryl/α,β-unsaturated/α-hetero) is 2. The molecule has 2 rings (SSSR count). The minimum atomic E-state index is -1.37. The van der Waals surface area contributed by atoms with Gasteiger partial charge in [0.2, 0.25) is 6.79 Å². The van der Waals surface area contributed by atoms with Gasteiger partial charge in [0.15, 0.2) is 29.0 Å². The fraction of sp³-hybridized carbons (Fsp3) is 0.400. The van der Waals surface area contributed by atoms with Crippen molar-refractivity contribution < 1.29 is 28.6 Å². The molecule has 1 aromatic carbocycles. The van der Waals surface area contributed by atoms with Crippen LogP contribution in [0.4, 0.5) is 0 Å². The second-order valence-corrected chi connectivity index (χ2v) is 4.63. The second kappa shape index (κ2) is 6.39. The molecule has 0 spiro atoms. The van der Waals surface area contributed by atoms with Gasteiger partial charge >= 0.3 is 5.97 Å². The Morgan fingerprint density at radius 1 is 1.24 bits per heavy atom. The van der Waals surface area contributed by atoms with E-state index in [2.05, 4.69) is 0 Å². The number of carbonyl (C=O) groups is 3. The van der Waals surface area contributed by atoms with Gasteiger partial charge in [-0.2, -0.15) is 0 Å². The fourth-order valence-electron chi connectivity index (χ4n) is 2.10. The highest BCUT2D eigenvalue weighted by atomic mass is 16.7. The molecule has 112 valence electrons. The topological polar surface area (TPSA) is 78.9 Å². The Hall–Kier alpha value is -2.37. The van der Waals surface area contributed by atoms with E-state index in [1.54, 1.807) is 25.1 Å². The molecule has 0 N–H and O–H groups in total. The first-order chi connectivity index (χ1) is 10.0. The Morgan fingerprint density at radius 3 is 2.62 bits per heavy atom. The van der Waals surface area contributed by atoms with Gasteiger partial charge in [-0.05, 0) is 31.5 Å². The van der Waals surface area contributed by atoms with Gasteiger partial charge in [0, 0.05) is 6.42 Å². The van der Waals surface area contributed by atoms with E-state index in [0.29, 0.717) is 17.1 Å². The Balaban J connectivity index is 2.11. The lowest BCUT2D eigenvalue weighted by molar-refractivity contribution is -0.154. The van der Waals surface area contributed by atoms with Gasteiger partial charge in [-0.25, -0.2) is 0 Å². The quantitative estimate of drug-likeness (QED) is 0.581. The molecule has 0 aliphatic carbocycles. The number of carbonyl (C=O) groups excluding carboxylic acids is 3. The van der Waals surface area contributed by atoms with E-state index in [1.165, 1.54) is 6.92 Å². The lowest BCUT2D eigenvalue weighted by Crippen LogP contribution is -2.33. The van der Waals surface area contributed by atoms with Crippen molar-refractivity contribution in [2.24, 2.45) is 5.92 Å². The first-order valence-electron chi connectivity index (χ1n) is 6.61. The molecule has 0 bridgehead atoms. The summed E-state index contributed by atoms with van der Waals surface area (Å²) in [6.45, 7) is 3.10. The van der Waals surface area contributed by atoms with E-state index >= 15 is 0 Å². The zero-order chi connectivity index (χ0) is 15.4. The number of hydrogen-bond donors (Lipinski definition) is 0. The van der Waals surface area contributed by atoms with Crippen molar-refractivity contribution in [2.45, 2.75) is 20.3 Å². The van der Waals surface area contributed by atoms with E-state index in [0.717, 1.165) is 0 Å². The lowest BCUT2D eigenvalue weighted by atomic mass is 9.94. The summed E-state index contributed by atoms with van der Waals surface area (Å²) in [5.41, 5.74) is 0.653. The smallest absolute Gasteiger partial charge is 0.324 e. The summed E-state index contributed by atoms with van der Waals surface area (Å²) in [5, 5.41) is 0. The van der Waals surface area contributed by atoms with Gasteiger partial charge in [-0.15, -0.1) is 0 Å². The van der Waals surface area contributed by atoms with E-state index in [1.807, 2.05) is 0 Å². The SMILES string of the molecule is CCOC(=O)C(C(C)=O)C(=O)Cc1ccc2c(c1)OCO2.